The van der Waals surface area contributed by atoms with Crippen molar-refractivity contribution in [2.24, 2.45) is 23.7 Å². The average molecular weight is 473 g/mol. The number of anilines is 2. The number of carbonyl (C=O) groups excluding carboxylic acids is 4. The van der Waals surface area contributed by atoms with Gasteiger partial charge in [0.1, 0.15) is 5.75 Å². The summed E-state index contributed by atoms with van der Waals surface area (Å²) in [7, 11) is 0. The van der Waals surface area contributed by atoms with Gasteiger partial charge in [0, 0.05) is 18.7 Å². The first-order chi connectivity index (χ1) is 16.9. The normalized spacial score (nSPS) is 25.8. The van der Waals surface area contributed by atoms with Gasteiger partial charge in [0.05, 0.1) is 23.4 Å². The van der Waals surface area contributed by atoms with Gasteiger partial charge in [-0.15, -0.1) is 0 Å². The number of hydrogen-bond donors (Lipinski definition) is 0. The lowest BCUT2D eigenvalue weighted by atomic mass is 9.78. The minimum absolute atomic E-state index is 0.0217. The zero-order valence-corrected chi connectivity index (χ0v) is 19.8. The number of aryl methyl sites for hydroxylation is 1. The highest BCUT2D eigenvalue weighted by Crippen LogP contribution is 2.40. The highest BCUT2D eigenvalue weighted by molar-refractivity contribution is 6.22. The molecule has 5 rings (SSSR count). The Bertz CT molecular complexity index is 1220. The van der Waals surface area contributed by atoms with Crippen LogP contribution in [0.25, 0.3) is 0 Å². The standard InChI is InChI=1S/C28H28N2O5/c1-3-18-8-4-5-10-23(18)29-16-19(15-24(29)31)28(34)35-21-13-11-20(12-14-21)30-26(32)22-9-6-7-17(2)25(22)27(30)33/h4-8,10-14,17,19,22,25H,3,9,15-16H2,1-2H3/t17-,19+,22+,25-/m0/s1. The van der Waals surface area contributed by atoms with Crippen LogP contribution < -0.4 is 14.5 Å². The van der Waals surface area contributed by atoms with Crippen LogP contribution in [0, 0.1) is 23.7 Å². The number of carbonyl (C=O) groups is 4. The summed E-state index contributed by atoms with van der Waals surface area (Å²) in [6.45, 7) is 4.27. The maximum atomic E-state index is 13.0. The summed E-state index contributed by atoms with van der Waals surface area (Å²) in [5, 5.41) is 0. The Morgan fingerprint density at radius 3 is 2.49 bits per heavy atom. The summed E-state index contributed by atoms with van der Waals surface area (Å²) in [4.78, 5) is 54.2. The quantitative estimate of drug-likeness (QED) is 0.285. The van der Waals surface area contributed by atoms with Gasteiger partial charge >= 0.3 is 5.97 Å². The van der Waals surface area contributed by atoms with E-state index in [0.29, 0.717) is 17.9 Å². The molecule has 2 saturated heterocycles. The number of nitrogens with zero attached hydrogens (tertiary/aromatic N) is 2. The zero-order valence-electron chi connectivity index (χ0n) is 19.8. The SMILES string of the molecule is CCc1ccccc1N1C[C@H](C(=O)Oc2ccc(N3C(=O)[C@H]4[C@@H](C)C=CC[C@H]4C3=O)cc2)CC1=O. The topological polar surface area (TPSA) is 84.0 Å². The van der Waals surface area contributed by atoms with Gasteiger partial charge in [0.2, 0.25) is 17.7 Å². The molecule has 2 aliphatic heterocycles. The lowest BCUT2D eigenvalue weighted by molar-refractivity contribution is -0.139. The summed E-state index contributed by atoms with van der Waals surface area (Å²) < 4.78 is 5.55. The van der Waals surface area contributed by atoms with Crippen LogP contribution in [-0.2, 0) is 25.6 Å². The third kappa shape index (κ3) is 4.05. The van der Waals surface area contributed by atoms with Gasteiger partial charge in [-0.3, -0.25) is 24.1 Å². The van der Waals surface area contributed by atoms with E-state index in [1.165, 1.54) is 4.90 Å². The maximum Gasteiger partial charge on any atom is 0.316 e. The molecule has 2 fully saturated rings. The third-order valence-corrected chi connectivity index (χ3v) is 7.31. The molecule has 3 amide bonds. The van der Waals surface area contributed by atoms with E-state index in [1.807, 2.05) is 50.3 Å². The van der Waals surface area contributed by atoms with Crippen LogP contribution >= 0.6 is 0 Å². The van der Waals surface area contributed by atoms with Crippen molar-refractivity contribution in [3.63, 3.8) is 0 Å². The van der Waals surface area contributed by atoms with Crippen molar-refractivity contribution in [3.05, 3.63) is 66.2 Å². The Morgan fingerprint density at radius 1 is 1.03 bits per heavy atom. The largest absolute Gasteiger partial charge is 0.426 e. The van der Waals surface area contributed by atoms with Crippen molar-refractivity contribution in [2.75, 3.05) is 16.3 Å². The van der Waals surface area contributed by atoms with Gasteiger partial charge in [-0.2, -0.15) is 0 Å². The Balaban J connectivity index is 1.26. The maximum absolute atomic E-state index is 13.0. The van der Waals surface area contributed by atoms with Crippen LogP contribution in [0.1, 0.15) is 32.3 Å². The summed E-state index contributed by atoms with van der Waals surface area (Å²) >= 11 is 0. The van der Waals surface area contributed by atoms with Crippen LogP contribution in [0.3, 0.4) is 0 Å². The molecule has 180 valence electrons. The fraction of sp³-hybridized carbons (Fsp3) is 0.357. The van der Waals surface area contributed by atoms with Crippen LogP contribution in [0.15, 0.2) is 60.7 Å². The first-order valence-electron chi connectivity index (χ1n) is 12.1. The van der Waals surface area contributed by atoms with E-state index in [0.717, 1.165) is 17.7 Å². The van der Waals surface area contributed by atoms with Gasteiger partial charge < -0.3 is 9.64 Å². The molecule has 0 aromatic heterocycles. The molecule has 7 nitrogen and oxygen atoms in total. The smallest absolute Gasteiger partial charge is 0.316 e. The number of allylic oxidation sites excluding steroid dienone is 2. The molecule has 4 atom stereocenters. The Kier molecular flexibility index (Phi) is 6.01. The molecule has 35 heavy (non-hydrogen) atoms. The van der Waals surface area contributed by atoms with E-state index in [9.17, 15) is 19.2 Å². The molecule has 7 heteroatoms. The molecule has 0 N–H and O–H groups in total. The number of para-hydroxylation sites is 1. The minimum atomic E-state index is -0.564. The molecule has 0 unspecified atom stereocenters. The van der Waals surface area contributed by atoms with Crippen LogP contribution in [0.5, 0.6) is 5.75 Å². The molecule has 0 saturated carbocycles. The summed E-state index contributed by atoms with van der Waals surface area (Å²) in [6.07, 6.45) is 5.43. The van der Waals surface area contributed by atoms with Crippen molar-refractivity contribution in [1.82, 2.24) is 0 Å². The van der Waals surface area contributed by atoms with Crippen molar-refractivity contribution in [3.8, 4) is 5.75 Å². The molecule has 2 aromatic rings. The summed E-state index contributed by atoms with van der Waals surface area (Å²) in [5.41, 5.74) is 2.37. The van der Waals surface area contributed by atoms with Gasteiger partial charge in [0.25, 0.3) is 0 Å². The number of imide groups is 1. The van der Waals surface area contributed by atoms with Gasteiger partial charge in [-0.1, -0.05) is 44.2 Å². The monoisotopic (exact) mass is 472 g/mol. The molecule has 0 spiro atoms. The second-order valence-corrected chi connectivity index (χ2v) is 9.47. The number of rotatable bonds is 5. The van der Waals surface area contributed by atoms with Gasteiger partial charge in [-0.05, 0) is 54.7 Å². The van der Waals surface area contributed by atoms with Crippen LogP contribution in [-0.4, -0.2) is 30.2 Å². The fourth-order valence-electron chi connectivity index (χ4n) is 5.44. The number of ether oxygens (including phenoxy) is 1. The molecule has 1 aliphatic carbocycles. The van der Waals surface area contributed by atoms with Gasteiger partial charge in [-0.25, -0.2) is 0 Å². The number of hydrogen-bond acceptors (Lipinski definition) is 5. The van der Waals surface area contributed by atoms with E-state index in [-0.39, 0.29) is 48.4 Å². The predicted octanol–water partition coefficient (Wildman–Crippen LogP) is 3.91. The number of esters is 1. The second kappa shape index (κ2) is 9.13. The average Bonchev–Trinajstić information content (AvgIpc) is 3.37. The van der Waals surface area contributed by atoms with Crippen molar-refractivity contribution in [2.45, 2.75) is 33.1 Å². The molecule has 2 heterocycles. The predicted molar refractivity (Wildman–Crippen MR) is 131 cm³/mol. The Labute approximate surface area is 204 Å². The number of fused-ring (bicyclic) bond motifs is 1. The van der Waals surface area contributed by atoms with Crippen molar-refractivity contribution >= 4 is 35.1 Å². The molecular weight excluding hydrogens is 444 g/mol. The zero-order chi connectivity index (χ0) is 24.7. The van der Waals surface area contributed by atoms with Crippen molar-refractivity contribution < 1.29 is 23.9 Å². The van der Waals surface area contributed by atoms with Crippen molar-refractivity contribution in [1.29, 1.82) is 0 Å². The molecule has 3 aliphatic rings. The highest BCUT2D eigenvalue weighted by atomic mass is 16.5. The summed E-state index contributed by atoms with van der Waals surface area (Å²) in [6, 6.07) is 14.1. The number of amides is 3. The molecule has 0 bridgehead atoms. The first kappa shape index (κ1) is 23.0. The third-order valence-electron chi connectivity index (χ3n) is 7.31. The summed E-state index contributed by atoms with van der Waals surface area (Å²) in [5.74, 6) is -1.81. The lowest BCUT2D eigenvalue weighted by Crippen LogP contribution is -2.31. The Morgan fingerprint density at radius 2 is 1.77 bits per heavy atom. The molecule has 0 radical (unpaired) electrons. The lowest BCUT2D eigenvalue weighted by Gasteiger charge is -2.22. The number of benzene rings is 2. The first-order valence-corrected chi connectivity index (χ1v) is 12.1. The minimum Gasteiger partial charge on any atom is -0.426 e. The van der Waals surface area contributed by atoms with Crippen LogP contribution in [0.4, 0.5) is 11.4 Å². The van der Waals surface area contributed by atoms with E-state index >= 15 is 0 Å². The fourth-order valence-corrected chi connectivity index (χ4v) is 5.44. The molecular formula is C28H28N2O5. The second-order valence-electron chi connectivity index (χ2n) is 9.47. The van der Waals surface area contributed by atoms with Gasteiger partial charge in [0.15, 0.2) is 0 Å². The van der Waals surface area contributed by atoms with E-state index < -0.39 is 11.9 Å². The van der Waals surface area contributed by atoms with E-state index in [2.05, 4.69) is 0 Å². The Hall–Kier alpha value is -3.74. The van der Waals surface area contributed by atoms with E-state index in [4.69, 9.17) is 4.74 Å². The highest BCUT2D eigenvalue weighted by Gasteiger charge is 2.50. The van der Waals surface area contributed by atoms with E-state index in [1.54, 1.807) is 29.2 Å². The van der Waals surface area contributed by atoms with Crippen LogP contribution in [0.2, 0.25) is 0 Å². The molecule has 2 aromatic carbocycles.